The number of aryl methyl sites for hydroxylation is 1. The van der Waals surface area contributed by atoms with E-state index < -0.39 is 5.97 Å². The van der Waals surface area contributed by atoms with Crippen LogP contribution >= 0.6 is 0 Å². The summed E-state index contributed by atoms with van der Waals surface area (Å²) in [5, 5.41) is 8.65. The number of aromatic nitrogens is 1. The Hall–Kier alpha value is -1.38. The predicted molar refractivity (Wildman–Crippen MR) is 40.7 cm³/mol. The number of pyridine rings is 1. The van der Waals surface area contributed by atoms with E-state index in [2.05, 4.69) is 4.98 Å². The van der Waals surface area contributed by atoms with Crippen LogP contribution in [0.4, 0.5) is 0 Å². The molecule has 1 aromatic rings. The molecule has 11 heavy (non-hydrogen) atoms. The van der Waals surface area contributed by atoms with E-state index in [4.69, 9.17) is 5.11 Å². The standard InChI is InChI=1S/C8H9NO2/c1-5-3-9-4-7(6(5)2)8(10)11/h3-4H,1-2H3,(H,10,11). The fourth-order valence-corrected chi connectivity index (χ4v) is 0.845. The van der Waals surface area contributed by atoms with Gasteiger partial charge in [-0.05, 0) is 25.0 Å². The fourth-order valence-electron chi connectivity index (χ4n) is 0.845. The maximum atomic E-state index is 10.5. The molecule has 1 aromatic heterocycles. The molecule has 0 saturated carbocycles. The fraction of sp³-hybridized carbons (Fsp3) is 0.250. The van der Waals surface area contributed by atoms with Gasteiger partial charge in [0.05, 0.1) is 5.56 Å². The van der Waals surface area contributed by atoms with Gasteiger partial charge in [0, 0.05) is 12.4 Å². The highest BCUT2D eigenvalue weighted by Gasteiger charge is 2.07. The second-order valence-corrected chi connectivity index (χ2v) is 2.43. The average Bonchev–Trinajstić information content (AvgIpc) is 1.94. The first kappa shape index (κ1) is 7.72. The molecule has 0 atom stereocenters. The van der Waals surface area contributed by atoms with Crippen molar-refractivity contribution in [2.24, 2.45) is 0 Å². The Morgan fingerprint density at radius 1 is 1.45 bits per heavy atom. The Balaban J connectivity index is 3.27. The minimum absolute atomic E-state index is 0.282. The molecule has 0 aliphatic rings. The maximum absolute atomic E-state index is 10.5. The molecule has 0 fully saturated rings. The molecular formula is C8H9NO2. The van der Waals surface area contributed by atoms with Gasteiger partial charge in [-0.25, -0.2) is 4.79 Å². The summed E-state index contributed by atoms with van der Waals surface area (Å²) in [6.45, 7) is 3.62. The minimum atomic E-state index is -0.918. The van der Waals surface area contributed by atoms with Gasteiger partial charge in [-0.15, -0.1) is 0 Å². The van der Waals surface area contributed by atoms with E-state index >= 15 is 0 Å². The summed E-state index contributed by atoms with van der Waals surface area (Å²) in [4.78, 5) is 14.3. The summed E-state index contributed by atoms with van der Waals surface area (Å²) in [5.74, 6) is -0.918. The van der Waals surface area contributed by atoms with Gasteiger partial charge in [0.15, 0.2) is 0 Å². The lowest BCUT2D eigenvalue weighted by Crippen LogP contribution is -2.01. The van der Waals surface area contributed by atoms with Crippen molar-refractivity contribution in [3.63, 3.8) is 0 Å². The largest absolute Gasteiger partial charge is 0.478 e. The van der Waals surface area contributed by atoms with Gasteiger partial charge in [-0.2, -0.15) is 0 Å². The summed E-state index contributed by atoms with van der Waals surface area (Å²) in [6.07, 6.45) is 3.02. The van der Waals surface area contributed by atoms with E-state index in [0.717, 1.165) is 11.1 Å². The normalized spacial score (nSPS) is 9.64. The maximum Gasteiger partial charge on any atom is 0.337 e. The van der Waals surface area contributed by atoms with E-state index in [1.54, 1.807) is 13.1 Å². The number of carboxylic acids is 1. The molecule has 0 saturated heterocycles. The van der Waals surface area contributed by atoms with Crippen LogP contribution in [0.25, 0.3) is 0 Å². The average molecular weight is 151 g/mol. The van der Waals surface area contributed by atoms with Crippen LogP contribution in [-0.2, 0) is 0 Å². The zero-order chi connectivity index (χ0) is 8.43. The van der Waals surface area contributed by atoms with Crippen LogP contribution < -0.4 is 0 Å². The molecule has 0 aliphatic carbocycles. The van der Waals surface area contributed by atoms with Crippen molar-refractivity contribution in [3.8, 4) is 0 Å². The van der Waals surface area contributed by atoms with Gasteiger partial charge >= 0.3 is 5.97 Å². The molecule has 3 heteroatoms. The Bertz CT molecular complexity index is 294. The molecule has 0 amide bonds. The van der Waals surface area contributed by atoms with Gasteiger partial charge in [0.1, 0.15) is 0 Å². The predicted octanol–water partition coefficient (Wildman–Crippen LogP) is 1.40. The van der Waals surface area contributed by atoms with Crippen LogP contribution in [0.5, 0.6) is 0 Å². The number of carboxylic acid groups (broad SMARTS) is 1. The summed E-state index contributed by atoms with van der Waals surface area (Å²) >= 11 is 0. The second-order valence-electron chi connectivity index (χ2n) is 2.43. The summed E-state index contributed by atoms with van der Waals surface area (Å²) in [6, 6.07) is 0. The highest BCUT2D eigenvalue weighted by atomic mass is 16.4. The van der Waals surface area contributed by atoms with Crippen molar-refractivity contribution < 1.29 is 9.90 Å². The van der Waals surface area contributed by atoms with E-state index in [-0.39, 0.29) is 5.56 Å². The molecule has 58 valence electrons. The molecular weight excluding hydrogens is 142 g/mol. The van der Waals surface area contributed by atoms with Crippen molar-refractivity contribution >= 4 is 5.97 Å². The van der Waals surface area contributed by atoms with Crippen molar-refractivity contribution in [3.05, 3.63) is 29.1 Å². The number of hydrogen-bond acceptors (Lipinski definition) is 2. The summed E-state index contributed by atoms with van der Waals surface area (Å²) in [7, 11) is 0. The third-order valence-corrected chi connectivity index (χ3v) is 1.70. The van der Waals surface area contributed by atoms with Crippen molar-refractivity contribution in [2.75, 3.05) is 0 Å². The second kappa shape index (κ2) is 2.70. The number of rotatable bonds is 1. The Morgan fingerprint density at radius 2 is 2.09 bits per heavy atom. The minimum Gasteiger partial charge on any atom is -0.478 e. The topological polar surface area (TPSA) is 50.2 Å². The van der Waals surface area contributed by atoms with Crippen LogP contribution in [0.3, 0.4) is 0 Å². The molecule has 0 aliphatic heterocycles. The third-order valence-electron chi connectivity index (χ3n) is 1.70. The summed E-state index contributed by atoms with van der Waals surface area (Å²) in [5.41, 5.74) is 1.97. The van der Waals surface area contributed by atoms with E-state index in [1.165, 1.54) is 6.20 Å². The van der Waals surface area contributed by atoms with Crippen molar-refractivity contribution in [1.82, 2.24) is 4.98 Å². The molecule has 0 aromatic carbocycles. The Labute approximate surface area is 64.7 Å². The van der Waals surface area contributed by atoms with Crippen LogP contribution in [0.15, 0.2) is 12.4 Å². The molecule has 3 nitrogen and oxygen atoms in total. The lowest BCUT2D eigenvalue weighted by atomic mass is 10.1. The molecule has 1 N–H and O–H groups in total. The van der Waals surface area contributed by atoms with Crippen molar-refractivity contribution in [1.29, 1.82) is 0 Å². The Kier molecular flexibility index (Phi) is 1.89. The molecule has 0 radical (unpaired) electrons. The number of carbonyl (C=O) groups is 1. The SMILES string of the molecule is Cc1cncc(C(=O)O)c1C. The molecule has 1 heterocycles. The smallest absolute Gasteiger partial charge is 0.337 e. The van der Waals surface area contributed by atoms with E-state index in [1.807, 2.05) is 6.92 Å². The van der Waals surface area contributed by atoms with Crippen LogP contribution in [0.2, 0.25) is 0 Å². The van der Waals surface area contributed by atoms with Gasteiger partial charge in [-0.1, -0.05) is 0 Å². The molecule has 0 spiro atoms. The highest BCUT2D eigenvalue weighted by Crippen LogP contribution is 2.09. The quantitative estimate of drug-likeness (QED) is 0.659. The zero-order valence-corrected chi connectivity index (χ0v) is 6.46. The monoisotopic (exact) mass is 151 g/mol. The lowest BCUT2D eigenvalue weighted by Gasteiger charge is -2.01. The van der Waals surface area contributed by atoms with Crippen LogP contribution in [0.1, 0.15) is 21.5 Å². The Morgan fingerprint density at radius 3 is 2.55 bits per heavy atom. The molecule has 0 unspecified atom stereocenters. The summed E-state index contributed by atoms with van der Waals surface area (Å²) < 4.78 is 0. The van der Waals surface area contributed by atoms with E-state index in [9.17, 15) is 4.79 Å². The molecule has 1 rings (SSSR count). The van der Waals surface area contributed by atoms with Crippen molar-refractivity contribution in [2.45, 2.75) is 13.8 Å². The lowest BCUT2D eigenvalue weighted by molar-refractivity contribution is 0.0695. The number of hydrogen-bond donors (Lipinski definition) is 1. The van der Waals surface area contributed by atoms with Gasteiger partial charge in [0.2, 0.25) is 0 Å². The highest BCUT2D eigenvalue weighted by molar-refractivity contribution is 5.89. The number of aromatic carboxylic acids is 1. The van der Waals surface area contributed by atoms with Gasteiger partial charge < -0.3 is 5.11 Å². The van der Waals surface area contributed by atoms with Gasteiger partial charge in [0.25, 0.3) is 0 Å². The van der Waals surface area contributed by atoms with Gasteiger partial charge in [-0.3, -0.25) is 4.98 Å². The first-order valence-corrected chi connectivity index (χ1v) is 3.27. The first-order valence-electron chi connectivity index (χ1n) is 3.27. The van der Waals surface area contributed by atoms with Crippen LogP contribution in [0, 0.1) is 13.8 Å². The zero-order valence-electron chi connectivity index (χ0n) is 6.46. The molecule has 0 bridgehead atoms. The number of nitrogens with zero attached hydrogens (tertiary/aromatic N) is 1. The third kappa shape index (κ3) is 1.37. The van der Waals surface area contributed by atoms with E-state index in [0.29, 0.717) is 0 Å². The first-order chi connectivity index (χ1) is 5.13. The van der Waals surface area contributed by atoms with Crippen LogP contribution in [-0.4, -0.2) is 16.1 Å².